The molecule has 11 rings (SSSR count). The van der Waals surface area contributed by atoms with Gasteiger partial charge in [-0.05, 0) is 71.3 Å². The summed E-state index contributed by atoms with van der Waals surface area (Å²) in [6, 6.07) is 75.8. The molecule has 0 saturated heterocycles. The molecule has 0 radical (unpaired) electrons. The zero-order valence-corrected chi connectivity index (χ0v) is 36.3. The van der Waals surface area contributed by atoms with Crippen molar-refractivity contribution in [3.63, 3.8) is 0 Å². The van der Waals surface area contributed by atoms with Crippen LogP contribution in [0, 0.1) is 24.3 Å². The van der Waals surface area contributed by atoms with E-state index in [0.29, 0.717) is 11.5 Å². The largest absolute Gasteiger partial charge is 2.00 e. The number of nitrogens with zero attached hydrogens (tertiary/aromatic N) is 8. The predicted molar refractivity (Wildman–Crippen MR) is 243 cm³/mol. The first kappa shape index (κ1) is 41.2. The predicted octanol–water partition coefficient (Wildman–Crippen LogP) is 12.4. The van der Waals surface area contributed by atoms with Gasteiger partial charge in [-0.15, -0.1) is 94.1 Å². The number of anilines is 6. The first-order valence-corrected chi connectivity index (χ1v) is 19.9. The Labute approximate surface area is 391 Å². The summed E-state index contributed by atoms with van der Waals surface area (Å²) in [6.07, 6.45) is 3.60. The van der Waals surface area contributed by atoms with Crippen molar-refractivity contribution in [1.29, 1.82) is 0 Å². The Balaban J connectivity index is 0.00000252. The Kier molecular flexibility index (Phi) is 11.8. The number of rotatable bonds is 9. The van der Waals surface area contributed by atoms with Gasteiger partial charge in [-0.2, -0.15) is 22.9 Å². The molecule has 304 valence electrons. The molecule has 0 fully saturated rings. The van der Waals surface area contributed by atoms with E-state index in [9.17, 15) is 0 Å². The standard InChI is InChI=1S/C53H32N8.2Pd/c1-3-17-39(18-4-1)59(41-21-13-15-37(33-41)47-23-9-11-31-54-47)43-27-29-45-46-30-28-44(36-52(46)61(51(45)35-43)53-56-49-25-7-8-26-50(49)57-58-53)60(40-19-5-2-6-20-40)42-22-14-16-38(34-42)48-24-10-12-32-55-48;;/h1-32H;;/q-4;2*+2. The van der Waals surface area contributed by atoms with E-state index in [1.165, 1.54) is 0 Å². The Morgan fingerprint density at radius 1 is 0.381 bits per heavy atom. The molecule has 8 nitrogen and oxygen atoms in total. The van der Waals surface area contributed by atoms with Crippen LogP contribution in [-0.2, 0) is 40.8 Å². The molecule has 0 atom stereocenters. The first-order valence-electron chi connectivity index (χ1n) is 19.9. The topological polar surface area (TPSA) is 75.9 Å². The van der Waals surface area contributed by atoms with E-state index < -0.39 is 0 Å². The van der Waals surface area contributed by atoms with Crippen molar-refractivity contribution in [2.24, 2.45) is 0 Å². The maximum atomic E-state index is 5.09. The molecule has 10 heteroatoms. The Hall–Kier alpha value is -7.17. The Bertz CT molecular complexity index is 3150. The number of para-hydroxylation sites is 3. The van der Waals surface area contributed by atoms with Crippen molar-refractivity contribution in [2.75, 3.05) is 9.80 Å². The van der Waals surface area contributed by atoms with Crippen molar-refractivity contribution < 1.29 is 40.8 Å². The maximum absolute atomic E-state index is 5.09. The summed E-state index contributed by atoms with van der Waals surface area (Å²) >= 11 is 0. The van der Waals surface area contributed by atoms with Crippen LogP contribution in [0.3, 0.4) is 0 Å². The molecule has 0 bridgehead atoms. The monoisotopic (exact) mass is 992 g/mol. The van der Waals surface area contributed by atoms with Gasteiger partial charge >= 0.3 is 40.8 Å². The molecule has 0 aliphatic rings. The average molecular weight is 994 g/mol. The molecule has 63 heavy (non-hydrogen) atoms. The van der Waals surface area contributed by atoms with Gasteiger partial charge in [0.15, 0.2) is 0 Å². The fourth-order valence-corrected chi connectivity index (χ4v) is 7.76. The number of hydrogen-bond acceptors (Lipinski definition) is 7. The third kappa shape index (κ3) is 7.94. The molecule has 0 aliphatic heterocycles. The van der Waals surface area contributed by atoms with Crippen LogP contribution in [0.5, 0.6) is 0 Å². The fraction of sp³-hybridized carbons (Fsp3) is 0. The minimum absolute atomic E-state index is 0. The van der Waals surface area contributed by atoms with Crippen molar-refractivity contribution in [3.8, 4) is 28.5 Å². The number of fused-ring (bicyclic) bond motifs is 4. The van der Waals surface area contributed by atoms with Crippen LogP contribution in [0.15, 0.2) is 194 Å². The van der Waals surface area contributed by atoms with E-state index in [1.54, 1.807) is 12.4 Å². The second-order valence-electron chi connectivity index (χ2n) is 14.3. The van der Waals surface area contributed by atoms with Gasteiger partial charge in [0.05, 0.1) is 5.52 Å². The molecule has 4 aromatic heterocycles. The fourth-order valence-electron chi connectivity index (χ4n) is 7.76. The van der Waals surface area contributed by atoms with Crippen LogP contribution in [0.2, 0.25) is 0 Å². The van der Waals surface area contributed by atoms with Crippen molar-refractivity contribution in [3.05, 3.63) is 219 Å². The van der Waals surface area contributed by atoms with E-state index in [1.807, 2.05) is 126 Å². The summed E-state index contributed by atoms with van der Waals surface area (Å²) in [5, 5.41) is 11.3. The van der Waals surface area contributed by atoms with E-state index in [2.05, 4.69) is 110 Å². The van der Waals surface area contributed by atoms with Crippen LogP contribution < -0.4 is 9.80 Å². The number of aromatic nitrogens is 6. The van der Waals surface area contributed by atoms with E-state index in [0.717, 1.165) is 84.0 Å². The molecule has 0 amide bonds. The zero-order chi connectivity index (χ0) is 40.5. The van der Waals surface area contributed by atoms with Crippen LogP contribution in [-0.4, -0.2) is 29.7 Å². The molecule has 0 spiro atoms. The second kappa shape index (κ2) is 18.0. The Morgan fingerprint density at radius 3 is 1.33 bits per heavy atom. The van der Waals surface area contributed by atoms with Crippen molar-refractivity contribution in [2.45, 2.75) is 0 Å². The van der Waals surface area contributed by atoms with Crippen LogP contribution in [0.1, 0.15) is 0 Å². The summed E-state index contributed by atoms with van der Waals surface area (Å²) in [5.41, 5.74) is 11.6. The third-order valence-corrected chi connectivity index (χ3v) is 10.5. The third-order valence-electron chi connectivity index (χ3n) is 10.5. The molecule has 0 N–H and O–H groups in total. The zero-order valence-electron chi connectivity index (χ0n) is 33.2. The number of hydrogen-bond donors (Lipinski definition) is 0. The quantitative estimate of drug-likeness (QED) is 0.105. The van der Waals surface area contributed by atoms with E-state index in [4.69, 9.17) is 10.1 Å². The molecule has 11 aromatic rings. The van der Waals surface area contributed by atoms with Gasteiger partial charge in [0, 0.05) is 23.8 Å². The summed E-state index contributed by atoms with van der Waals surface area (Å²) in [6.45, 7) is 0. The summed E-state index contributed by atoms with van der Waals surface area (Å²) < 4.78 is 2.02. The summed E-state index contributed by atoms with van der Waals surface area (Å²) in [5.74, 6) is 0.408. The minimum atomic E-state index is 0. The number of benzene rings is 7. The van der Waals surface area contributed by atoms with Crippen LogP contribution >= 0.6 is 0 Å². The van der Waals surface area contributed by atoms with Gasteiger partial charge in [0.2, 0.25) is 0 Å². The van der Waals surface area contributed by atoms with Crippen LogP contribution in [0.25, 0.3) is 61.3 Å². The number of pyridine rings is 2. The first-order chi connectivity index (χ1) is 30.2. The van der Waals surface area contributed by atoms with Gasteiger partial charge in [-0.3, -0.25) is 0 Å². The van der Waals surface area contributed by atoms with Crippen molar-refractivity contribution >= 4 is 67.0 Å². The van der Waals surface area contributed by atoms with Gasteiger partial charge in [0.25, 0.3) is 5.95 Å². The van der Waals surface area contributed by atoms with Gasteiger partial charge < -0.3 is 24.3 Å². The maximum Gasteiger partial charge on any atom is 2.00 e. The average Bonchev–Trinajstić information content (AvgIpc) is 3.66. The Morgan fingerprint density at radius 2 is 0.841 bits per heavy atom. The van der Waals surface area contributed by atoms with Gasteiger partial charge in [0.1, 0.15) is 5.52 Å². The normalized spacial score (nSPS) is 10.9. The van der Waals surface area contributed by atoms with Gasteiger partial charge in [-0.25, -0.2) is 4.98 Å². The molecule has 7 aromatic carbocycles. The van der Waals surface area contributed by atoms with Gasteiger partial charge in [-0.1, -0.05) is 95.2 Å². The molecule has 0 aliphatic carbocycles. The molecular formula is C53H32N8Pd2. The summed E-state index contributed by atoms with van der Waals surface area (Å²) in [4.78, 5) is 18.6. The minimum Gasteiger partial charge on any atom is -0.352 e. The molecule has 4 heterocycles. The van der Waals surface area contributed by atoms with Crippen LogP contribution in [0.4, 0.5) is 34.1 Å². The molecule has 0 unspecified atom stereocenters. The second-order valence-corrected chi connectivity index (χ2v) is 14.3. The molecular weight excluding hydrogens is 961 g/mol. The van der Waals surface area contributed by atoms with E-state index in [-0.39, 0.29) is 40.8 Å². The SMILES string of the molecule is [Pd+2].[Pd+2].[c-]1c(-c2ccccn2)cccc1N(c1[c-]c2c(cc1)c1ccc(N(c3[c-]c(-c4ccccn4)ccc3)c3ccccc3)[c-]c1n2-c1nnc2ccccc2n1)c1ccccc1. The smallest absolute Gasteiger partial charge is 0.352 e. The van der Waals surface area contributed by atoms with Crippen molar-refractivity contribution in [1.82, 2.24) is 29.7 Å². The van der Waals surface area contributed by atoms with E-state index >= 15 is 0 Å². The molecule has 0 saturated carbocycles. The summed E-state index contributed by atoms with van der Waals surface area (Å²) in [7, 11) is 0.